The lowest BCUT2D eigenvalue weighted by Crippen LogP contribution is -2.29. The summed E-state index contributed by atoms with van der Waals surface area (Å²) in [6.07, 6.45) is 14.4. The molecule has 2 saturated heterocycles. The Kier molecular flexibility index (Phi) is 21.4. The number of benzene rings is 1. The smallest absolute Gasteiger partial charge is 0.106 e. The number of piperidine rings is 1. The number of hydrogen-bond acceptors (Lipinski definition) is 4. The highest BCUT2D eigenvalue weighted by Crippen LogP contribution is 2.30. The molecule has 0 bridgehead atoms. The second kappa shape index (κ2) is 22.2. The Morgan fingerprint density at radius 2 is 1.44 bits per heavy atom. The van der Waals surface area contributed by atoms with Crippen LogP contribution in [0.1, 0.15) is 96.5 Å². The fraction of sp³-hybridized carbons (Fsp3) is 0.767. The molecule has 4 heteroatoms. The normalized spacial score (nSPS) is 21.4. The molecule has 0 aromatic heterocycles. The lowest BCUT2D eigenvalue weighted by Gasteiger charge is -2.28. The molecule has 34 heavy (non-hydrogen) atoms. The van der Waals surface area contributed by atoms with Gasteiger partial charge in [-0.05, 0) is 82.1 Å². The van der Waals surface area contributed by atoms with Crippen LogP contribution in [0.5, 0.6) is 0 Å². The number of hydrogen-bond donors (Lipinski definition) is 1. The first kappa shape index (κ1) is 32.8. The van der Waals surface area contributed by atoms with Gasteiger partial charge in [-0.1, -0.05) is 83.2 Å². The number of likely N-dealkylation sites (tertiary alicyclic amines) is 2. The molecule has 1 atom stereocenters. The Hall–Kier alpha value is -1.23. The molecule has 1 aromatic carbocycles. The largest absolute Gasteiger partial charge is 0.400 e. The molecule has 198 valence electrons. The molecule has 3 aliphatic rings. The van der Waals surface area contributed by atoms with E-state index >= 15 is 0 Å². The van der Waals surface area contributed by atoms with Gasteiger partial charge in [0.2, 0.25) is 0 Å². The molecule has 1 aromatic rings. The minimum atomic E-state index is 0.787. The highest BCUT2D eigenvalue weighted by molar-refractivity contribution is 5.21. The molecule has 1 N–H and O–H groups in total. The Bertz CT molecular complexity index is 540. The van der Waals surface area contributed by atoms with E-state index in [9.17, 15) is 0 Å². The number of nitrogens with zero attached hydrogens (tertiary/aromatic N) is 2. The lowest BCUT2D eigenvalue weighted by atomic mass is 9.89. The fourth-order valence-electron chi connectivity index (χ4n) is 5.49. The molecule has 1 aliphatic carbocycles. The van der Waals surface area contributed by atoms with Crippen LogP contribution < -0.4 is 0 Å². The lowest BCUT2D eigenvalue weighted by molar-refractivity contribution is -0.0979. The first-order valence-corrected chi connectivity index (χ1v) is 13.9. The maximum atomic E-state index is 8.00. The van der Waals surface area contributed by atoms with Gasteiger partial charge >= 0.3 is 0 Å². The van der Waals surface area contributed by atoms with Gasteiger partial charge in [-0.25, -0.2) is 0 Å². The molecule has 0 radical (unpaired) electrons. The van der Waals surface area contributed by atoms with Crippen LogP contribution in [0, 0.1) is 11.8 Å². The molecular formula is C30H56N2O2. The summed E-state index contributed by atoms with van der Waals surface area (Å²) in [5, 5.41) is 7.00. The third kappa shape index (κ3) is 13.6. The molecule has 4 rings (SSSR count). The predicted molar refractivity (Wildman–Crippen MR) is 149 cm³/mol. The van der Waals surface area contributed by atoms with Crippen LogP contribution in [0.25, 0.3) is 0 Å². The van der Waals surface area contributed by atoms with Gasteiger partial charge in [-0.2, -0.15) is 0 Å². The highest BCUT2D eigenvalue weighted by Gasteiger charge is 2.26. The van der Waals surface area contributed by atoms with Gasteiger partial charge in [-0.15, -0.1) is 0 Å². The summed E-state index contributed by atoms with van der Waals surface area (Å²) in [4.78, 5) is 13.2. The molecule has 0 unspecified atom stereocenters. The number of aliphatic hydroxyl groups is 1. The van der Waals surface area contributed by atoms with Crippen molar-refractivity contribution < 1.29 is 9.90 Å². The summed E-state index contributed by atoms with van der Waals surface area (Å²) in [5.74, 6) is 2.82. The number of carbonyl (C=O) groups excluding carboxylic acids is 1. The van der Waals surface area contributed by atoms with E-state index in [2.05, 4.69) is 54.1 Å². The maximum absolute atomic E-state index is 8.00. The quantitative estimate of drug-likeness (QED) is 0.518. The summed E-state index contributed by atoms with van der Waals surface area (Å²) < 4.78 is 0. The summed E-state index contributed by atoms with van der Waals surface area (Å²) in [6, 6.07) is 11.1. The zero-order valence-electron chi connectivity index (χ0n) is 23.2. The van der Waals surface area contributed by atoms with Crippen LogP contribution >= 0.6 is 0 Å². The standard InChI is InChI=1S/C17H25N.C9H19N.C2H6.CH4O.CH2O/c1-3-7-15(8-4-1)13-18-12-11-17(14-18)16-9-5-2-6-10-16;1-3-4-9-5-7-10(2)8-6-9;3*1-2/h2,5-6,9-10,15,17H,1,3-4,7-8,11-14H2;9H,3-8H2,1-2H3;1-2H3;2H,1H3;1H2/t17-;;;;/m0..../s1. The Morgan fingerprint density at radius 3 is 2.00 bits per heavy atom. The average molecular weight is 477 g/mol. The first-order chi connectivity index (χ1) is 16.7. The van der Waals surface area contributed by atoms with Gasteiger partial charge in [0, 0.05) is 20.2 Å². The molecule has 3 fully saturated rings. The van der Waals surface area contributed by atoms with Crippen molar-refractivity contribution in [3.8, 4) is 0 Å². The summed E-state index contributed by atoms with van der Waals surface area (Å²) in [7, 11) is 3.22. The van der Waals surface area contributed by atoms with E-state index in [1.165, 1.54) is 96.9 Å². The van der Waals surface area contributed by atoms with Crippen LogP contribution in [0.15, 0.2) is 30.3 Å². The highest BCUT2D eigenvalue weighted by atomic mass is 16.2. The molecule has 1 saturated carbocycles. The summed E-state index contributed by atoms with van der Waals surface area (Å²) in [6.45, 7) is 14.9. The van der Waals surface area contributed by atoms with Crippen molar-refractivity contribution in [2.45, 2.75) is 90.9 Å². The van der Waals surface area contributed by atoms with Gasteiger partial charge in [-0.3, -0.25) is 0 Å². The van der Waals surface area contributed by atoms with Crippen LogP contribution in [-0.2, 0) is 4.79 Å². The van der Waals surface area contributed by atoms with Gasteiger partial charge in [0.15, 0.2) is 0 Å². The predicted octanol–water partition coefficient (Wildman–Crippen LogP) is 6.63. The third-order valence-corrected chi connectivity index (χ3v) is 7.32. The number of rotatable bonds is 5. The first-order valence-electron chi connectivity index (χ1n) is 13.9. The zero-order chi connectivity index (χ0) is 25.6. The van der Waals surface area contributed by atoms with Crippen LogP contribution in [-0.4, -0.2) is 68.6 Å². The summed E-state index contributed by atoms with van der Waals surface area (Å²) in [5.41, 5.74) is 1.55. The van der Waals surface area contributed by atoms with Crippen molar-refractivity contribution in [1.29, 1.82) is 0 Å². The van der Waals surface area contributed by atoms with Gasteiger partial charge < -0.3 is 19.7 Å². The van der Waals surface area contributed by atoms with Crippen LogP contribution in [0.2, 0.25) is 0 Å². The van der Waals surface area contributed by atoms with Crippen molar-refractivity contribution in [2.24, 2.45) is 11.8 Å². The fourth-order valence-corrected chi connectivity index (χ4v) is 5.49. The SMILES string of the molecule is C=O.CC.CCCC1CCN(C)CC1.CO.c1ccc([C@H]2CCN(CC3CCCCC3)C2)cc1. The van der Waals surface area contributed by atoms with Crippen molar-refractivity contribution in [3.05, 3.63) is 35.9 Å². The molecular weight excluding hydrogens is 420 g/mol. The van der Waals surface area contributed by atoms with Gasteiger partial charge in [0.1, 0.15) is 6.79 Å². The van der Waals surface area contributed by atoms with E-state index in [4.69, 9.17) is 9.90 Å². The molecule has 2 heterocycles. The van der Waals surface area contributed by atoms with Crippen LogP contribution in [0.4, 0.5) is 0 Å². The summed E-state index contributed by atoms with van der Waals surface area (Å²) >= 11 is 0. The van der Waals surface area contributed by atoms with E-state index in [-0.39, 0.29) is 0 Å². The zero-order valence-corrected chi connectivity index (χ0v) is 23.2. The second-order valence-electron chi connectivity index (χ2n) is 9.70. The van der Waals surface area contributed by atoms with Gasteiger partial charge in [0.05, 0.1) is 0 Å². The van der Waals surface area contributed by atoms with Crippen molar-refractivity contribution in [3.63, 3.8) is 0 Å². The Morgan fingerprint density at radius 1 is 0.853 bits per heavy atom. The van der Waals surface area contributed by atoms with Crippen molar-refractivity contribution in [2.75, 3.05) is 46.9 Å². The monoisotopic (exact) mass is 476 g/mol. The molecule has 2 aliphatic heterocycles. The third-order valence-electron chi connectivity index (χ3n) is 7.32. The Balaban J connectivity index is 0.000000581. The number of carbonyl (C=O) groups is 1. The minimum absolute atomic E-state index is 0.787. The van der Waals surface area contributed by atoms with Crippen LogP contribution in [0.3, 0.4) is 0 Å². The molecule has 0 amide bonds. The van der Waals surface area contributed by atoms with E-state index in [0.29, 0.717) is 0 Å². The Labute approximate surface area is 212 Å². The van der Waals surface area contributed by atoms with E-state index in [1.807, 2.05) is 20.6 Å². The molecule has 4 nitrogen and oxygen atoms in total. The van der Waals surface area contributed by atoms with E-state index in [0.717, 1.165) is 24.9 Å². The van der Waals surface area contributed by atoms with E-state index in [1.54, 1.807) is 5.56 Å². The average Bonchev–Trinajstić information content (AvgIpc) is 3.39. The number of aliphatic hydroxyl groups excluding tert-OH is 1. The second-order valence-corrected chi connectivity index (χ2v) is 9.70. The maximum Gasteiger partial charge on any atom is 0.106 e. The van der Waals surface area contributed by atoms with Crippen molar-refractivity contribution >= 4 is 6.79 Å². The van der Waals surface area contributed by atoms with E-state index < -0.39 is 0 Å². The van der Waals surface area contributed by atoms with Gasteiger partial charge in [0.25, 0.3) is 0 Å². The minimum Gasteiger partial charge on any atom is -0.400 e. The molecule has 0 spiro atoms. The van der Waals surface area contributed by atoms with Crippen molar-refractivity contribution in [1.82, 2.24) is 9.80 Å². The topological polar surface area (TPSA) is 43.8 Å².